The van der Waals surface area contributed by atoms with Crippen molar-refractivity contribution in [3.05, 3.63) is 23.7 Å². The first-order chi connectivity index (χ1) is 11.3. The van der Waals surface area contributed by atoms with Crippen molar-refractivity contribution >= 4 is 35.8 Å². The zero-order valence-corrected chi connectivity index (χ0v) is 18.2. The number of primary amides is 1. The van der Waals surface area contributed by atoms with E-state index in [1.54, 1.807) is 19.2 Å². The van der Waals surface area contributed by atoms with E-state index in [-0.39, 0.29) is 29.7 Å². The Kier molecular flexibility index (Phi) is 11.5. The minimum atomic E-state index is -0.566. The average molecular weight is 465 g/mol. The van der Waals surface area contributed by atoms with Crippen LogP contribution in [0.25, 0.3) is 0 Å². The first-order valence-corrected chi connectivity index (χ1v) is 8.44. The molecule has 1 amide bonds. The second-order valence-electron chi connectivity index (χ2n) is 6.26. The van der Waals surface area contributed by atoms with Gasteiger partial charge in [-0.3, -0.25) is 14.7 Å². The van der Waals surface area contributed by atoms with Crippen molar-refractivity contribution in [2.45, 2.75) is 52.7 Å². The van der Waals surface area contributed by atoms with Crippen LogP contribution in [0, 0.1) is 0 Å². The van der Waals surface area contributed by atoms with Gasteiger partial charge in [-0.2, -0.15) is 0 Å². The average Bonchev–Trinajstić information content (AvgIpc) is 2.98. The Hall–Kier alpha value is -1.29. The van der Waals surface area contributed by atoms with Crippen molar-refractivity contribution in [1.82, 2.24) is 15.5 Å². The predicted octanol–water partition coefficient (Wildman–Crippen LogP) is 2.17. The molecule has 4 N–H and O–H groups in total. The summed E-state index contributed by atoms with van der Waals surface area (Å²) in [7, 11) is 1.72. The highest BCUT2D eigenvalue weighted by Gasteiger charge is 2.12. The molecule has 1 aromatic heterocycles. The van der Waals surface area contributed by atoms with Crippen LogP contribution in [-0.2, 0) is 6.54 Å². The van der Waals surface area contributed by atoms with Crippen LogP contribution in [0.5, 0.6) is 0 Å². The Morgan fingerprint density at radius 1 is 1.24 bits per heavy atom. The van der Waals surface area contributed by atoms with E-state index in [2.05, 4.69) is 48.2 Å². The SMILES string of the molecule is CN=C(NCCCN(C(C)C)C(C)C)NCc1ccc(C(N)=O)o1.I. The topological polar surface area (TPSA) is 95.9 Å². The van der Waals surface area contributed by atoms with Gasteiger partial charge in [-0.1, -0.05) is 0 Å². The molecule has 7 nitrogen and oxygen atoms in total. The first-order valence-electron chi connectivity index (χ1n) is 8.44. The quantitative estimate of drug-likeness (QED) is 0.225. The lowest BCUT2D eigenvalue weighted by Gasteiger charge is -2.30. The van der Waals surface area contributed by atoms with Crippen LogP contribution in [0.3, 0.4) is 0 Å². The van der Waals surface area contributed by atoms with E-state index < -0.39 is 5.91 Å². The Balaban J connectivity index is 0.00000576. The number of carbonyl (C=O) groups is 1. The van der Waals surface area contributed by atoms with Crippen LogP contribution in [0.4, 0.5) is 0 Å². The van der Waals surface area contributed by atoms with Gasteiger partial charge in [0.2, 0.25) is 0 Å². The summed E-state index contributed by atoms with van der Waals surface area (Å²) >= 11 is 0. The number of hydrogen-bond acceptors (Lipinski definition) is 4. The molecule has 0 radical (unpaired) electrons. The van der Waals surface area contributed by atoms with Gasteiger partial charge < -0.3 is 20.8 Å². The summed E-state index contributed by atoms with van der Waals surface area (Å²) in [6, 6.07) is 4.38. The molecule has 25 heavy (non-hydrogen) atoms. The molecule has 1 aromatic rings. The third-order valence-electron chi connectivity index (χ3n) is 3.77. The number of furan rings is 1. The summed E-state index contributed by atoms with van der Waals surface area (Å²) in [5.74, 6) is 0.936. The van der Waals surface area contributed by atoms with Gasteiger partial charge in [-0.05, 0) is 46.2 Å². The van der Waals surface area contributed by atoms with Crippen LogP contribution < -0.4 is 16.4 Å². The molecular formula is C17H32IN5O2. The number of nitrogens with one attached hydrogen (secondary N) is 2. The molecule has 1 heterocycles. The number of halogens is 1. The lowest BCUT2D eigenvalue weighted by Crippen LogP contribution is -2.41. The summed E-state index contributed by atoms with van der Waals surface area (Å²) < 4.78 is 5.32. The highest BCUT2D eigenvalue weighted by atomic mass is 127. The summed E-state index contributed by atoms with van der Waals surface area (Å²) in [6.45, 7) is 11.2. The molecule has 0 saturated carbocycles. The van der Waals surface area contributed by atoms with Gasteiger partial charge in [0.05, 0.1) is 6.54 Å². The van der Waals surface area contributed by atoms with E-state index in [0.29, 0.717) is 30.3 Å². The predicted molar refractivity (Wildman–Crippen MR) is 112 cm³/mol. The zero-order valence-electron chi connectivity index (χ0n) is 15.8. The maximum atomic E-state index is 11.0. The third-order valence-corrected chi connectivity index (χ3v) is 3.77. The van der Waals surface area contributed by atoms with E-state index in [9.17, 15) is 4.79 Å². The summed E-state index contributed by atoms with van der Waals surface area (Å²) in [5, 5.41) is 6.43. The monoisotopic (exact) mass is 465 g/mol. The second-order valence-corrected chi connectivity index (χ2v) is 6.26. The first kappa shape index (κ1) is 23.7. The number of aliphatic imine (C=N–C) groups is 1. The minimum Gasteiger partial charge on any atom is -0.454 e. The zero-order chi connectivity index (χ0) is 18.1. The van der Waals surface area contributed by atoms with Gasteiger partial charge in [0.15, 0.2) is 11.7 Å². The van der Waals surface area contributed by atoms with Crippen molar-refractivity contribution in [2.24, 2.45) is 10.7 Å². The fourth-order valence-corrected chi connectivity index (χ4v) is 2.58. The fraction of sp³-hybridized carbons (Fsp3) is 0.647. The molecule has 144 valence electrons. The third kappa shape index (κ3) is 8.57. The molecule has 8 heteroatoms. The Labute approximate surface area is 167 Å². The van der Waals surface area contributed by atoms with E-state index in [1.165, 1.54) is 0 Å². The van der Waals surface area contributed by atoms with E-state index >= 15 is 0 Å². The molecule has 0 aliphatic heterocycles. The van der Waals surface area contributed by atoms with Gasteiger partial charge >= 0.3 is 0 Å². The highest BCUT2D eigenvalue weighted by molar-refractivity contribution is 14.0. The maximum absolute atomic E-state index is 11.0. The van der Waals surface area contributed by atoms with E-state index in [0.717, 1.165) is 19.5 Å². The number of guanidine groups is 1. The molecule has 0 fully saturated rings. The molecular weight excluding hydrogens is 433 g/mol. The number of hydrogen-bond donors (Lipinski definition) is 3. The molecule has 0 saturated heterocycles. The van der Waals surface area contributed by atoms with Crippen LogP contribution in [0.2, 0.25) is 0 Å². The second kappa shape index (κ2) is 12.1. The number of rotatable bonds is 9. The molecule has 0 spiro atoms. The minimum absolute atomic E-state index is 0. The standard InChI is InChI=1S/C17H31N5O2.HI/c1-12(2)22(13(3)4)10-6-9-20-17(19-5)21-11-14-7-8-15(24-14)16(18)23;/h7-8,12-13H,6,9-11H2,1-5H3,(H2,18,23)(H2,19,20,21);1H. The van der Waals surface area contributed by atoms with Crippen molar-refractivity contribution in [3.8, 4) is 0 Å². The normalized spacial score (nSPS) is 11.8. The van der Waals surface area contributed by atoms with Crippen LogP contribution >= 0.6 is 24.0 Å². The molecule has 0 bridgehead atoms. The summed E-state index contributed by atoms with van der Waals surface area (Å²) in [5.41, 5.74) is 5.16. The number of carbonyl (C=O) groups excluding carboxylic acids is 1. The van der Waals surface area contributed by atoms with Crippen molar-refractivity contribution in [1.29, 1.82) is 0 Å². The molecule has 0 atom stereocenters. The van der Waals surface area contributed by atoms with E-state index in [4.69, 9.17) is 10.2 Å². The van der Waals surface area contributed by atoms with Crippen molar-refractivity contribution in [2.75, 3.05) is 20.1 Å². The Morgan fingerprint density at radius 3 is 2.36 bits per heavy atom. The fourth-order valence-electron chi connectivity index (χ4n) is 2.58. The van der Waals surface area contributed by atoms with Gasteiger partial charge in [0.25, 0.3) is 5.91 Å². The van der Waals surface area contributed by atoms with Crippen LogP contribution in [-0.4, -0.2) is 49.0 Å². The molecule has 0 aromatic carbocycles. The Bertz CT molecular complexity index is 535. The van der Waals surface area contributed by atoms with Gasteiger partial charge in [-0.15, -0.1) is 24.0 Å². The molecule has 0 aliphatic carbocycles. The Morgan fingerprint density at radius 2 is 1.88 bits per heavy atom. The summed E-state index contributed by atoms with van der Waals surface area (Å²) in [6.07, 6.45) is 1.03. The maximum Gasteiger partial charge on any atom is 0.284 e. The van der Waals surface area contributed by atoms with E-state index in [1.807, 2.05) is 0 Å². The van der Waals surface area contributed by atoms with Gasteiger partial charge in [0.1, 0.15) is 5.76 Å². The number of amides is 1. The lowest BCUT2D eigenvalue weighted by molar-refractivity contribution is 0.0972. The highest BCUT2D eigenvalue weighted by Crippen LogP contribution is 2.07. The summed E-state index contributed by atoms with van der Waals surface area (Å²) in [4.78, 5) is 17.6. The number of nitrogens with two attached hydrogens (primary N) is 1. The van der Waals surface area contributed by atoms with Crippen molar-refractivity contribution < 1.29 is 9.21 Å². The van der Waals surface area contributed by atoms with Crippen molar-refractivity contribution in [3.63, 3.8) is 0 Å². The smallest absolute Gasteiger partial charge is 0.284 e. The number of nitrogens with zero attached hydrogens (tertiary/aromatic N) is 2. The van der Waals surface area contributed by atoms with Crippen LogP contribution in [0.15, 0.2) is 21.5 Å². The molecule has 1 rings (SSSR count). The van der Waals surface area contributed by atoms with Crippen LogP contribution in [0.1, 0.15) is 50.4 Å². The molecule has 0 unspecified atom stereocenters. The molecule has 0 aliphatic rings. The van der Waals surface area contributed by atoms with Gasteiger partial charge in [-0.25, -0.2) is 0 Å². The van der Waals surface area contributed by atoms with Gasteiger partial charge in [0, 0.05) is 32.2 Å². The lowest BCUT2D eigenvalue weighted by atomic mass is 10.2. The largest absolute Gasteiger partial charge is 0.454 e.